The van der Waals surface area contributed by atoms with E-state index in [4.69, 9.17) is 5.73 Å². The molecule has 0 aliphatic rings. The maximum Gasteiger partial charge on any atom is 0.253 e. The average molecular weight is 274 g/mol. The van der Waals surface area contributed by atoms with Crippen molar-refractivity contribution in [2.45, 2.75) is 13.3 Å². The molecule has 0 bridgehead atoms. The molecular weight excluding hydrogens is 256 g/mol. The molecule has 0 spiro atoms. The average Bonchev–Trinajstić information content (AvgIpc) is 2.85. The molecule has 0 unspecified atom stereocenters. The number of fused-ring (bicyclic) bond motifs is 1. The van der Waals surface area contributed by atoms with Crippen LogP contribution in [0.15, 0.2) is 24.4 Å². The van der Waals surface area contributed by atoms with Gasteiger partial charge in [0.25, 0.3) is 5.91 Å². The van der Waals surface area contributed by atoms with Gasteiger partial charge in [0.15, 0.2) is 0 Å². The van der Waals surface area contributed by atoms with E-state index in [9.17, 15) is 9.59 Å². The molecule has 6 nitrogen and oxygen atoms in total. The molecule has 0 saturated carbocycles. The number of nitrogens with one attached hydrogen (secondary N) is 3. The van der Waals surface area contributed by atoms with Gasteiger partial charge in [0, 0.05) is 29.3 Å². The molecule has 1 heterocycles. The minimum Gasteiger partial charge on any atom is -0.399 e. The highest BCUT2D eigenvalue weighted by Crippen LogP contribution is 2.20. The van der Waals surface area contributed by atoms with Crippen LogP contribution in [0.4, 0.5) is 5.69 Å². The predicted octanol–water partition coefficient (Wildman–Crippen LogP) is 1.01. The predicted molar refractivity (Wildman–Crippen MR) is 78.3 cm³/mol. The van der Waals surface area contributed by atoms with Gasteiger partial charge in [-0.25, -0.2) is 0 Å². The Kier molecular flexibility index (Phi) is 4.24. The van der Waals surface area contributed by atoms with Crippen LogP contribution < -0.4 is 16.4 Å². The van der Waals surface area contributed by atoms with E-state index < -0.39 is 0 Å². The maximum absolute atomic E-state index is 12.1. The number of hydrogen-bond acceptors (Lipinski definition) is 3. The number of anilines is 1. The molecule has 0 atom stereocenters. The summed E-state index contributed by atoms with van der Waals surface area (Å²) in [7, 11) is 0. The number of benzene rings is 1. The quantitative estimate of drug-likeness (QED) is 0.612. The fourth-order valence-electron chi connectivity index (χ4n) is 1.91. The van der Waals surface area contributed by atoms with Crippen molar-refractivity contribution in [1.82, 2.24) is 15.6 Å². The smallest absolute Gasteiger partial charge is 0.253 e. The van der Waals surface area contributed by atoms with Crippen molar-refractivity contribution >= 4 is 28.4 Å². The zero-order valence-corrected chi connectivity index (χ0v) is 11.3. The van der Waals surface area contributed by atoms with Gasteiger partial charge in [-0.3, -0.25) is 9.59 Å². The third-order valence-electron chi connectivity index (χ3n) is 2.93. The molecule has 1 aromatic heterocycles. The number of nitrogen functional groups attached to an aromatic ring is 1. The highest BCUT2D eigenvalue weighted by atomic mass is 16.2. The maximum atomic E-state index is 12.1. The molecule has 2 aromatic rings. The van der Waals surface area contributed by atoms with Gasteiger partial charge < -0.3 is 21.4 Å². The molecule has 1 aromatic carbocycles. The van der Waals surface area contributed by atoms with Crippen molar-refractivity contribution < 1.29 is 9.59 Å². The monoisotopic (exact) mass is 274 g/mol. The fourth-order valence-corrected chi connectivity index (χ4v) is 1.91. The summed E-state index contributed by atoms with van der Waals surface area (Å²) in [6.45, 7) is 2.54. The number of carbonyl (C=O) groups excluding carboxylic acids is 2. The van der Waals surface area contributed by atoms with Gasteiger partial charge >= 0.3 is 0 Å². The Balaban J connectivity index is 2.04. The molecule has 0 aliphatic heterocycles. The first-order chi connectivity index (χ1) is 9.61. The normalized spacial score (nSPS) is 10.4. The lowest BCUT2D eigenvalue weighted by Crippen LogP contribution is -2.37. The van der Waals surface area contributed by atoms with Crippen LogP contribution in [-0.4, -0.2) is 29.9 Å². The van der Waals surface area contributed by atoms with Crippen LogP contribution in [0.1, 0.15) is 23.7 Å². The van der Waals surface area contributed by atoms with Crippen LogP contribution >= 0.6 is 0 Å². The summed E-state index contributed by atoms with van der Waals surface area (Å²) < 4.78 is 0. The Morgan fingerprint density at radius 3 is 2.85 bits per heavy atom. The van der Waals surface area contributed by atoms with E-state index >= 15 is 0 Å². The lowest BCUT2D eigenvalue weighted by atomic mass is 10.1. The summed E-state index contributed by atoms with van der Waals surface area (Å²) in [5, 5.41) is 6.04. The summed E-state index contributed by atoms with van der Waals surface area (Å²) in [4.78, 5) is 26.5. The Hall–Kier alpha value is -2.50. The van der Waals surface area contributed by atoms with E-state index in [0.29, 0.717) is 17.8 Å². The number of hydrogen-bond donors (Lipinski definition) is 4. The van der Waals surface area contributed by atoms with Crippen LogP contribution in [-0.2, 0) is 4.79 Å². The second-order valence-electron chi connectivity index (χ2n) is 4.54. The standard InChI is InChI=1S/C14H18N4O2/c1-2-5-16-13(19)8-18-14(20)11-7-17-12-4-3-9(15)6-10(11)12/h3-4,6-7,17H,2,5,8,15H2,1H3,(H,16,19)(H,18,20). The number of aromatic nitrogens is 1. The first kappa shape index (κ1) is 13.9. The summed E-state index contributed by atoms with van der Waals surface area (Å²) >= 11 is 0. The number of aromatic amines is 1. The minimum absolute atomic E-state index is 0.0339. The topological polar surface area (TPSA) is 100 Å². The van der Waals surface area contributed by atoms with Gasteiger partial charge in [-0.1, -0.05) is 6.92 Å². The van der Waals surface area contributed by atoms with Gasteiger partial charge in [0.05, 0.1) is 12.1 Å². The summed E-state index contributed by atoms with van der Waals surface area (Å²) in [6.07, 6.45) is 2.48. The molecule has 0 radical (unpaired) electrons. The van der Waals surface area contributed by atoms with E-state index in [1.165, 1.54) is 0 Å². The van der Waals surface area contributed by atoms with Crippen LogP contribution in [0.2, 0.25) is 0 Å². The molecule has 106 valence electrons. The van der Waals surface area contributed by atoms with E-state index in [1.54, 1.807) is 18.3 Å². The first-order valence-electron chi connectivity index (χ1n) is 6.53. The lowest BCUT2D eigenvalue weighted by Gasteiger charge is -2.05. The van der Waals surface area contributed by atoms with Crippen molar-refractivity contribution in [2.75, 3.05) is 18.8 Å². The first-order valence-corrected chi connectivity index (χ1v) is 6.53. The van der Waals surface area contributed by atoms with Crippen molar-refractivity contribution in [2.24, 2.45) is 0 Å². The Bertz CT molecular complexity index is 633. The van der Waals surface area contributed by atoms with Gasteiger partial charge in [-0.15, -0.1) is 0 Å². The van der Waals surface area contributed by atoms with E-state index in [-0.39, 0.29) is 18.4 Å². The number of H-pyrrole nitrogens is 1. The molecule has 6 heteroatoms. The van der Waals surface area contributed by atoms with Crippen molar-refractivity contribution in [1.29, 1.82) is 0 Å². The fraction of sp³-hybridized carbons (Fsp3) is 0.286. The van der Waals surface area contributed by atoms with Crippen molar-refractivity contribution in [3.8, 4) is 0 Å². The zero-order chi connectivity index (χ0) is 14.5. The van der Waals surface area contributed by atoms with E-state index in [0.717, 1.165) is 17.3 Å². The molecule has 0 saturated heterocycles. The number of amides is 2. The van der Waals surface area contributed by atoms with Crippen LogP contribution in [0.25, 0.3) is 10.9 Å². The second kappa shape index (κ2) is 6.10. The molecule has 0 aliphatic carbocycles. The molecule has 2 amide bonds. The Morgan fingerprint density at radius 2 is 2.10 bits per heavy atom. The van der Waals surface area contributed by atoms with Gasteiger partial charge in [-0.2, -0.15) is 0 Å². The summed E-state index contributed by atoms with van der Waals surface area (Å²) in [5.41, 5.74) is 7.62. The Morgan fingerprint density at radius 1 is 1.30 bits per heavy atom. The summed E-state index contributed by atoms with van der Waals surface area (Å²) in [6, 6.07) is 5.31. The number of carbonyl (C=O) groups is 2. The minimum atomic E-state index is -0.298. The number of rotatable bonds is 5. The number of nitrogens with two attached hydrogens (primary N) is 1. The van der Waals surface area contributed by atoms with Gasteiger partial charge in [0.1, 0.15) is 0 Å². The van der Waals surface area contributed by atoms with Crippen molar-refractivity contribution in [3.05, 3.63) is 30.0 Å². The molecule has 5 N–H and O–H groups in total. The van der Waals surface area contributed by atoms with Crippen LogP contribution in [0.3, 0.4) is 0 Å². The highest BCUT2D eigenvalue weighted by Gasteiger charge is 2.13. The van der Waals surface area contributed by atoms with E-state index in [2.05, 4.69) is 15.6 Å². The molecule has 20 heavy (non-hydrogen) atoms. The lowest BCUT2D eigenvalue weighted by molar-refractivity contribution is -0.120. The largest absolute Gasteiger partial charge is 0.399 e. The third kappa shape index (κ3) is 3.09. The second-order valence-corrected chi connectivity index (χ2v) is 4.54. The highest BCUT2D eigenvalue weighted by molar-refractivity contribution is 6.08. The summed E-state index contributed by atoms with van der Waals surface area (Å²) in [5.74, 6) is -0.493. The Labute approximate surface area is 116 Å². The SMILES string of the molecule is CCCNC(=O)CNC(=O)c1c[nH]c2ccc(N)cc12. The molecule has 0 fully saturated rings. The van der Waals surface area contributed by atoms with Crippen LogP contribution in [0, 0.1) is 0 Å². The zero-order valence-electron chi connectivity index (χ0n) is 11.3. The van der Waals surface area contributed by atoms with Gasteiger partial charge in [-0.05, 0) is 24.6 Å². The third-order valence-corrected chi connectivity index (χ3v) is 2.93. The van der Waals surface area contributed by atoms with Crippen LogP contribution in [0.5, 0.6) is 0 Å². The molecular formula is C14H18N4O2. The van der Waals surface area contributed by atoms with E-state index in [1.807, 2.05) is 13.0 Å². The molecule has 2 rings (SSSR count). The van der Waals surface area contributed by atoms with Gasteiger partial charge in [0.2, 0.25) is 5.91 Å². The van der Waals surface area contributed by atoms with Crippen molar-refractivity contribution in [3.63, 3.8) is 0 Å².